The molecule has 0 fully saturated rings. The molecule has 0 unspecified atom stereocenters. The summed E-state index contributed by atoms with van der Waals surface area (Å²) in [5, 5.41) is 9.13. The van der Waals surface area contributed by atoms with Crippen molar-refractivity contribution in [1.29, 1.82) is 0 Å². The van der Waals surface area contributed by atoms with Gasteiger partial charge in [0.2, 0.25) is 0 Å². The maximum atomic E-state index is 9.13. The number of nitrogens with zero attached hydrogens (tertiary/aromatic N) is 1. The number of aliphatic hydroxyl groups excluding tert-OH is 1. The summed E-state index contributed by atoms with van der Waals surface area (Å²) in [5.74, 6) is 0. The highest BCUT2D eigenvalue weighted by molar-refractivity contribution is 9.10. The highest BCUT2D eigenvalue weighted by Crippen LogP contribution is 2.19. The second-order valence-electron chi connectivity index (χ2n) is 2.06. The number of pyridine rings is 1. The van der Waals surface area contributed by atoms with Crippen LogP contribution in [0.5, 0.6) is 0 Å². The summed E-state index contributed by atoms with van der Waals surface area (Å²) in [6.07, 6.45) is 1.22. The molecule has 1 rings (SSSR count). The van der Waals surface area contributed by atoms with Crippen LogP contribution < -0.4 is 0 Å². The molecular weight excluding hydrogens is 194 g/mol. The molecule has 0 aliphatic heterocycles. The van der Waals surface area contributed by atoms with E-state index in [-0.39, 0.29) is 0 Å². The molecule has 1 N–H and O–H groups in total. The predicted molar refractivity (Wildman–Crippen MR) is 42.6 cm³/mol. The van der Waals surface area contributed by atoms with Crippen LogP contribution in [0.2, 0.25) is 0 Å². The molecule has 10 heavy (non-hydrogen) atoms. The Labute approximate surface area is 68.0 Å². The van der Waals surface area contributed by atoms with Gasteiger partial charge in [-0.15, -0.1) is 0 Å². The van der Waals surface area contributed by atoms with Gasteiger partial charge in [-0.3, -0.25) is 0 Å². The van der Waals surface area contributed by atoms with Crippen LogP contribution in [-0.4, -0.2) is 10.1 Å². The van der Waals surface area contributed by atoms with Crippen LogP contribution in [-0.2, 0) is 0 Å². The van der Waals surface area contributed by atoms with Crippen LogP contribution in [0, 0.1) is 0 Å². The second kappa shape index (κ2) is 3.12. The molecule has 0 saturated heterocycles. The summed E-state index contributed by atoms with van der Waals surface area (Å²) < 4.78 is 0.713. The molecule has 0 aliphatic rings. The van der Waals surface area contributed by atoms with E-state index in [1.807, 2.05) is 6.07 Å². The zero-order valence-corrected chi connectivity index (χ0v) is 7.17. The fourth-order valence-electron chi connectivity index (χ4n) is 0.710. The predicted octanol–water partition coefficient (Wildman–Crippen LogP) is 1.90. The largest absolute Gasteiger partial charge is 0.389 e. The van der Waals surface area contributed by atoms with Gasteiger partial charge in [0, 0.05) is 11.8 Å². The molecule has 0 bridgehead atoms. The van der Waals surface area contributed by atoms with Crippen molar-refractivity contribution in [2.75, 3.05) is 0 Å². The van der Waals surface area contributed by atoms with E-state index in [1.54, 1.807) is 19.2 Å². The minimum atomic E-state index is -0.455. The normalized spacial score (nSPS) is 13.1. The third-order valence-electron chi connectivity index (χ3n) is 1.24. The number of hydrogen-bond donors (Lipinski definition) is 1. The average Bonchev–Trinajstić information content (AvgIpc) is 1.88. The Morgan fingerprint density at radius 2 is 2.40 bits per heavy atom. The summed E-state index contributed by atoms with van der Waals surface area (Å²) in [7, 11) is 0. The van der Waals surface area contributed by atoms with Crippen molar-refractivity contribution in [3.05, 3.63) is 28.5 Å². The Kier molecular flexibility index (Phi) is 2.40. The van der Waals surface area contributed by atoms with Crippen molar-refractivity contribution in [1.82, 2.24) is 4.98 Å². The molecule has 1 heterocycles. The minimum Gasteiger partial charge on any atom is -0.389 e. The van der Waals surface area contributed by atoms with E-state index in [4.69, 9.17) is 5.11 Å². The smallest absolute Gasteiger partial charge is 0.111 e. The lowest BCUT2D eigenvalue weighted by Gasteiger charge is -2.04. The number of halogens is 1. The first kappa shape index (κ1) is 7.69. The Bertz CT molecular complexity index is 225. The molecule has 0 aliphatic carbocycles. The average molecular weight is 202 g/mol. The molecule has 1 aromatic heterocycles. The third-order valence-corrected chi connectivity index (χ3v) is 1.90. The molecule has 0 aromatic carbocycles. The number of aromatic nitrogens is 1. The second-order valence-corrected chi connectivity index (χ2v) is 2.81. The van der Waals surface area contributed by atoms with E-state index in [2.05, 4.69) is 20.9 Å². The fraction of sp³-hybridized carbons (Fsp3) is 0.286. The lowest BCUT2D eigenvalue weighted by molar-refractivity contribution is 0.198. The van der Waals surface area contributed by atoms with Gasteiger partial charge in [-0.25, -0.2) is 4.98 Å². The highest BCUT2D eigenvalue weighted by atomic mass is 79.9. The Morgan fingerprint density at radius 1 is 1.70 bits per heavy atom. The molecule has 0 radical (unpaired) electrons. The molecule has 2 nitrogen and oxygen atoms in total. The third kappa shape index (κ3) is 1.55. The van der Waals surface area contributed by atoms with E-state index in [0.29, 0.717) is 4.60 Å². The van der Waals surface area contributed by atoms with Gasteiger partial charge >= 0.3 is 0 Å². The van der Waals surface area contributed by atoms with Crippen LogP contribution in [0.15, 0.2) is 22.9 Å². The van der Waals surface area contributed by atoms with Gasteiger partial charge in [0.1, 0.15) is 4.60 Å². The molecule has 54 valence electrons. The van der Waals surface area contributed by atoms with E-state index >= 15 is 0 Å². The van der Waals surface area contributed by atoms with Gasteiger partial charge in [-0.2, -0.15) is 0 Å². The summed E-state index contributed by atoms with van der Waals surface area (Å²) in [6.45, 7) is 1.71. The fourth-order valence-corrected chi connectivity index (χ4v) is 1.29. The summed E-state index contributed by atoms with van der Waals surface area (Å²) in [5.41, 5.74) is 0.822. The zero-order chi connectivity index (χ0) is 7.56. The highest BCUT2D eigenvalue weighted by Gasteiger charge is 2.03. The first-order valence-corrected chi connectivity index (χ1v) is 3.79. The number of hydrogen-bond acceptors (Lipinski definition) is 2. The van der Waals surface area contributed by atoms with E-state index < -0.39 is 6.10 Å². The quantitative estimate of drug-likeness (QED) is 0.705. The summed E-state index contributed by atoms with van der Waals surface area (Å²) in [4.78, 5) is 3.96. The number of aliphatic hydroxyl groups is 1. The van der Waals surface area contributed by atoms with Crippen LogP contribution in [0.25, 0.3) is 0 Å². The molecule has 0 saturated carbocycles. The first-order chi connectivity index (χ1) is 4.72. The molecule has 0 amide bonds. The molecule has 3 heteroatoms. The Morgan fingerprint density at radius 3 is 2.80 bits per heavy atom. The summed E-state index contributed by atoms with van der Waals surface area (Å²) >= 11 is 3.23. The monoisotopic (exact) mass is 201 g/mol. The zero-order valence-electron chi connectivity index (χ0n) is 5.58. The molecule has 1 aromatic rings. The van der Waals surface area contributed by atoms with E-state index in [9.17, 15) is 0 Å². The topological polar surface area (TPSA) is 33.1 Å². The Hall–Kier alpha value is -0.410. The van der Waals surface area contributed by atoms with Crippen molar-refractivity contribution in [3.63, 3.8) is 0 Å². The van der Waals surface area contributed by atoms with Gasteiger partial charge in [-0.1, -0.05) is 6.07 Å². The molecular formula is C7H8BrNO. The molecule has 0 spiro atoms. The van der Waals surface area contributed by atoms with Crippen LogP contribution in [0.3, 0.4) is 0 Å². The molecule has 1 atom stereocenters. The Balaban J connectivity index is 3.03. The van der Waals surface area contributed by atoms with Crippen molar-refractivity contribution < 1.29 is 5.11 Å². The van der Waals surface area contributed by atoms with E-state index in [0.717, 1.165) is 5.56 Å². The first-order valence-electron chi connectivity index (χ1n) is 3.00. The lowest BCUT2D eigenvalue weighted by Crippen LogP contribution is -1.92. The maximum absolute atomic E-state index is 9.13. The van der Waals surface area contributed by atoms with Gasteiger partial charge < -0.3 is 5.11 Å². The van der Waals surface area contributed by atoms with Gasteiger partial charge in [-0.05, 0) is 28.9 Å². The van der Waals surface area contributed by atoms with Gasteiger partial charge in [0.05, 0.1) is 6.10 Å². The van der Waals surface area contributed by atoms with Crippen molar-refractivity contribution in [2.24, 2.45) is 0 Å². The van der Waals surface area contributed by atoms with Gasteiger partial charge in [0.25, 0.3) is 0 Å². The van der Waals surface area contributed by atoms with Crippen molar-refractivity contribution in [3.8, 4) is 0 Å². The SMILES string of the molecule is C[C@@H](O)c1cccnc1Br. The van der Waals surface area contributed by atoms with Crippen LogP contribution in [0.4, 0.5) is 0 Å². The standard InChI is InChI=1S/C7H8BrNO/c1-5(10)6-3-2-4-9-7(6)8/h2-5,10H,1H3/t5-/m1/s1. The van der Waals surface area contributed by atoms with Crippen LogP contribution >= 0.6 is 15.9 Å². The lowest BCUT2D eigenvalue weighted by atomic mass is 10.2. The van der Waals surface area contributed by atoms with Crippen molar-refractivity contribution in [2.45, 2.75) is 13.0 Å². The van der Waals surface area contributed by atoms with Crippen molar-refractivity contribution >= 4 is 15.9 Å². The van der Waals surface area contributed by atoms with Gasteiger partial charge in [0.15, 0.2) is 0 Å². The van der Waals surface area contributed by atoms with E-state index in [1.165, 1.54) is 0 Å². The summed E-state index contributed by atoms with van der Waals surface area (Å²) in [6, 6.07) is 3.63. The minimum absolute atomic E-state index is 0.455. The number of rotatable bonds is 1. The maximum Gasteiger partial charge on any atom is 0.111 e. The van der Waals surface area contributed by atoms with Crippen LogP contribution in [0.1, 0.15) is 18.6 Å².